The van der Waals surface area contributed by atoms with E-state index >= 15 is 0 Å². The van der Waals surface area contributed by atoms with Crippen LogP contribution in [-0.4, -0.2) is 31.1 Å². The van der Waals surface area contributed by atoms with E-state index in [1.165, 1.54) is 31.7 Å². The second-order valence-corrected chi connectivity index (χ2v) is 6.69. The van der Waals surface area contributed by atoms with Crippen LogP contribution in [0.3, 0.4) is 0 Å². The van der Waals surface area contributed by atoms with Gasteiger partial charge in [0.1, 0.15) is 5.82 Å². The maximum Gasteiger partial charge on any atom is 0.142 e. The van der Waals surface area contributed by atoms with Crippen molar-refractivity contribution >= 4 is 11.6 Å². The molecule has 2 saturated heterocycles. The van der Waals surface area contributed by atoms with Crippen LogP contribution in [-0.2, 0) is 6.54 Å². The largest absolute Gasteiger partial charge is 0.316 e. The lowest BCUT2D eigenvalue weighted by atomic mass is 9.74. The van der Waals surface area contributed by atoms with Gasteiger partial charge in [-0.15, -0.1) is 0 Å². The van der Waals surface area contributed by atoms with E-state index in [1.807, 2.05) is 6.07 Å². The Balaban J connectivity index is 1.69. The maximum atomic E-state index is 13.5. The average molecular weight is 297 g/mol. The average Bonchev–Trinajstić information content (AvgIpc) is 2.45. The molecule has 1 aromatic rings. The van der Waals surface area contributed by atoms with E-state index in [0.717, 1.165) is 38.3 Å². The number of rotatable bonds is 2. The lowest BCUT2D eigenvalue weighted by molar-refractivity contribution is 0.0600. The summed E-state index contributed by atoms with van der Waals surface area (Å²) in [6.07, 6.45) is 5.13. The number of hydrogen-bond donors (Lipinski definition) is 1. The molecule has 1 unspecified atom stereocenters. The topological polar surface area (TPSA) is 15.3 Å². The van der Waals surface area contributed by atoms with Gasteiger partial charge in [0.05, 0.1) is 5.02 Å². The molecule has 0 bridgehead atoms. The highest BCUT2D eigenvalue weighted by atomic mass is 35.5. The molecule has 1 spiro atoms. The Kier molecular flexibility index (Phi) is 4.29. The smallest absolute Gasteiger partial charge is 0.142 e. The van der Waals surface area contributed by atoms with E-state index in [-0.39, 0.29) is 10.8 Å². The molecule has 1 atom stereocenters. The number of nitrogens with one attached hydrogen (secondary N) is 1. The third kappa shape index (κ3) is 3.00. The molecule has 0 saturated carbocycles. The summed E-state index contributed by atoms with van der Waals surface area (Å²) in [5, 5.41) is 3.82. The first-order valence-corrected chi connectivity index (χ1v) is 7.92. The number of likely N-dealkylation sites (tertiary alicyclic amines) is 1. The number of halogens is 2. The lowest BCUT2D eigenvalue weighted by Crippen LogP contribution is -2.50. The molecule has 0 amide bonds. The number of nitrogens with zero attached hydrogens (tertiary/aromatic N) is 1. The quantitative estimate of drug-likeness (QED) is 0.899. The fourth-order valence-corrected chi connectivity index (χ4v) is 3.92. The molecule has 20 heavy (non-hydrogen) atoms. The van der Waals surface area contributed by atoms with Crippen LogP contribution in [0.2, 0.25) is 5.02 Å². The molecule has 2 aliphatic heterocycles. The van der Waals surface area contributed by atoms with E-state index in [0.29, 0.717) is 5.41 Å². The van der Waals surface area contributed by atoms with Crippen molar-refractivity contribution in [1.29, 1.82) is 0 Å². The molecule has 2 aliphatic rings. The van der Waals surface area contributed by atoms with E-state index < -0.39 is 0 Å². The molecule has 2 heterocycles. The first-order chi connectivity index (χ1) is 9.69. The van der Waals surface area contributed by atoms with Crippen molar-refractivity contribution in [3.8, 4) is 0 Å². The van der Waals surface area contributed by atoms with Crippen molar-refractivity contribution in [2.45, 2.75) is 32.2 Å². The summed E-state index contributed by atoms with van der Waals surface area (Å²) in [5.41, 5.74) is 1.34. The number of piperidine rings is 2. The molecular weight excluding hydrogens is 275 g/mol. The van der Waals surface area contributed by atoms with Crippen molar-refractivity contribution in [3.63, 3.8) is 0 Å². The van der Waals surface area contributed by atoms with Gasteiger partial charge < -0.3 is 5.32 Å². The van der Waals surface area contributed by atoms with Gasteiger partial charge in [0, 0.05) is 19.6 Å². The van der Waals surface area contributed by atoms with Gasteiger partial charge in [-0.2, -0.15) is 0 Å². The van der Waals surface area contributed by atoms with Crippen molar-refractivity contribution in [1.82, 2.24) is 10.2 Å². The summed E-state index contributed by atoms with van der Waals surface area (Å²) in [6.45, 7) is 5.23. The van der Waals surface area contributed by atoms with E-state index in [2.05, 4.69) is 10.2 Å². The molecule has 4 heteroatoms. The van der Waals surface area contributed by atoms with Crippen LogP contribution in [0.4, 0.5) is 4.39 Å². The minimum atomic E-state index is -0.310. The zero-order chi connectivity index (χ0) is 14.0. The minimum absolute atomic E-state index is 0.286. The van der Waals surface area contributed by atoms with Crippen molar-refractivity contribution in [2.24, 2.45) is 5.41 Å². The molecule has 2 nitrogen and oxygen atoms in total. The van der Waals surface area contributed by atoms with Crippen LogP contribution in [0.5, 0.6) is 0 Å². The second kappa shape index (κ2) is 6.00. The summed E-state index contributed by atoms with van der Waals surface area (Å²) in [5.74, 6) is -0.310. The normalized spacial score (nSPS) is 27.9. The molecule has 0 aliphatic carbocycles. The molecule has 1 aromatic carbocycles. The Bertz CT molecular complexity index is 466. The fourth-order valence-electron chi connectivity index (χ4n) is 3.74. The second-order valence-electron chi connectivity index (χ2n) is 6.31. The van der Waals surface area contributed by atoms with Crippen LogP contribution in [0.25, 0.3) is 0 Å². The molecular formula is C16H22ClFN2. The maximum absolute atomic E-state index is 13.5. The number of benzene rings is 1. The highest BCUT2D eigenvalue weighted by molar-refractivity contribution is 6.31. The van der Waals surface area contributed by atoms with Gasteiger partial charge in [0.2, 0.25) is 0 Å². The predicted octanol–water partition coefficient (Wildman–Crippen LogP) is 3.44. The van der Waals surface area contributed by atoms with Gasteiger partial charge in [-0.1, -0.05) is 23.7 Å². The van der Waals surface area contributed by atoms with Gasteiger partial charge in [-0.3, -0.25) is 4.90 Å². The van der Waals surface area contributed by atoms with Gasteiger partial charge in [0.25, 0.3) is 0 Å². The Hall–Kier alpha value is -0.640. The van der Waals surface area contributed by atoms with Crippen molar-refractivity contribution < 1.29 is 4.39 Å². The summed E-state index contributed by atoms with van der Waals surface area (Å²) >= 11 is 6.08. The van der Waals surface area contributed by atoms with Crippen LogP contribution < -0.4 is 5.32 Å². The highest BCUT2D eigenvalue weighted by Crippen LogP contribution is 2.36. The van der Waals surface area contributed by atoms with E-state index in [4.69, 9.17) is 11.6 Å². The lowest BCUT2D eigenvalue weighted by Gasteiger charge is -2.45. The zero-order valence-electron chi connectivity index (χ0n) is 11.8. The molecule has 1 N–H and O–H groups in total. The van der Waals surface area contributed by atoms with Crippen LogP contribution >= 0.6 is 11.6 Å². The molecule has 2 fully saturated rings. The van der Waals surface area contributed by atoms with Crippen molar-refractivity contribution in [3.05, 3.63) is 34.6 Å². The standard InChI is InChI=1S/C16H22ClFN2/c17-15-13(4-1-5-14(15)18)10-20-9-3-7-16(12-20)6-2-8-19-11-16/h1,4-5,19H,2-3,6-12H2. The van der Waals surface area contributed by atoms with Crippen LogP contribution in [0, 0.1) is 11.2 Å². The third-order valence-corrected chi connectivity index (χ3v) is 5.15. The van der Waals surface area contributed by atoms with Gasteiger partial charge in [-0.05, 0) is 55.8 Å². The molecule has 3 rings (SSSR count). The van der Waals surface area contributed by atoms with Gasteiger partial charge in [0.15, 0.2) is 0 Å². The Morgan fingerprint density at radius 2 is 2.15 bits per heavy atom. The summed E-state index contributed by atoms with van der Waals surface area (Å²) in [6, 6.07) is 5.11. The molecule has 110 valence electrons. The zero-order valence-corrected chi connectivity index (χ0v) is 12.6. The van der Waals surface area contributed by atoms with E-state index in [1.54, 1.807) is 6.07 Å². The Labute approximate surface area is 125 Å². The predicted molar refractivity (Wildman–Crippen MR) is 80.5 cm³/mol. The van der Waals surface area contributed by atoms with Gasteiger partial charge >= 0.3 is 0 Å². The first kappa shape index (κ1) is 14.3. The van der Waals surface area contributed by atoms with Crippen LogP contribution in [0.1, 0.15) is 31.2 Å². The monoisotopic (exact) mass is 296 g/mol. The summed E-state index contributed by atoms with van der Waals surface area (Å²) in [4.78, 5) is 2.44. The van der Waals surface area contributed by atoms with Crippen LogP contribution in [0.15, 0.2) is 18.2 Å². The Morgan fingerprint density at radius 3 is 2.95 bits per heavy atom. The van der Waals surface area contributed by atoms with Gasteiger partial charge in [-0.25, -0.2) is 4.39 Å². The summed E-state index contributed by atoms with van der Waals surface area (Å²) < 4.78 is 13.5. The fraction of sp³-hybridized carbons (Fsp3) is 0.625. The third-order valence-electron chi connectivity index (χ3n) is 4.73. The SMILES string of the molecule is Fc1cccc(CN2CCCC3(CCCNC3)C2)c1Cl. The summed E-state index contributed by atoms with van der Waals surface area (Å²) in [7, 11) is 0. The first-order valence-electron chi connectivity index (χ1n) is 7.55. The Morgan fingerprint density at radius 1 is 1.30 bits per heavy atom. The molecule has 0 aromatic heterocycles. The minimum Gasteiger partial charge on any atom is -0.316 e. The number of hydrogen-bond acceptors (Lipinski definition) is 2. The highest BCUT2D eigenvalue weighted by Gasteiger charge is 2.36. The molecule has 0 radical (unpaired) electrons. The van der Waals surface area contributed by atoms with E-state index in [9.17, 15) is 4.39 Å². The van der Waals surface area contributed by atoms with Crippen molar-refractivity contribution in [2.75, 3.05) is 26.2 Å².